The van der Waals surface area contributed by atoms with Crippen molar-refractivity contribution in [3.05, 3.63) is 128 Å². The van der Waals surface area contributed by atoms with Gasteiger partial charge in [0.1, 0.15) is 0 Å². The van der Waals surface area contributed by atoms with Crippen molar-refractivity contribution in [3.63, 3.8) is 0 Å². The van der Waals surface area contributed by atoms with Crippen LogP contribution in [0.4, 0.5) is 0 Å². The molecule has 0 nitrogen and oxygen atoms in total. The molecule has 0 saturated heterocycles. The van der Waals surface area contributed by atoms with Gasteiger partial charge in [0.25, 0.3) is 0 Å². The zero-order chi connectivity index (χ0) is 32.9. The van der Waals surface area contributed by atoms with Crippen LogP contribution in [0, 0.1) is 39.5 Å². The van der Waals surface area contributed by atoms with Crippen LogP contribution < -0.4 is 0 Å². The summed E-state index contributed by atoms with van der Waals surface area (Å²) in [5, 5.41) is 1.95. The molecular weight excluding hydrogens is 599 g/mol. The molecule has 46 heavy (non-hydrogen) atoms. The van der Waals surface area contributed by atoms with E-state index >= 15 is 0 Å². The maximum Gasteiger partial charge on any atom is 0.0488 e. The summed E-state index contributed by atoms with van der Waals surface area (Å²) in [7, 11) is 0. The Balaban J connectivity index is 1.43. The van der Waals surface area contributed by atoms with Crippen molar-refractivity contribution < 1.29 is 0 Å². The molecule has 0 N–H and O–H groups in total. The predicted molar refractivity (Wildman–Crippen MR) is 202 cm³/mol. The van der Waals surface area contributed by atoms with Crippen LogP contribution >= 0.6 is 23.2 Å². The monoisotopic (exact) mass is 646 g/mol. The Labute approximate surface area is 287 Å². The Morgan fingerprint density at radius 2 is 0.891 bits per heavy atom. The van der Waals surface area contributed by atoms with E-state index in [1.807, 2.05) is 0 Å². The van der Waals surface area contributed by atoms with Crippen LogP contribution in [0.1, 0.15) is 110 Å². The average molecular weight is 648 g/mol. The maximum absolute atomic E-state index is 7.48. The molecule has 0 spiro atoms. The van der Waals surface area contributed by atoms with Gasteiger partial charge in [0.2, 0.25) is 0 Å². The minimum absolute atomic E-state index is 0.298. The molecule has 0 heterocycles. The van der Waals surface area contributed by atoms with Gasteiger partial charge >= 0.3 is 0 Å². The lowest BCUT2D eigenvalue weighted by Gasteiger charge is -2.26. The molecule has 238 valence electrons. The quantitative estimate of drug-likeness (QED) is 0.170. The number of allylic oxidation sites excluding steroid dienone is 2. The summed E-state index contributed by atoms with van der Waals surface area (Å²) in [5.74, 6) is 1.42. The number of hydrogen-bond acceptors (Lipinski definition) is 0. The Morgan fingerprint density at radius 1 is 0.543 bits per heavy atom. The molecule has 2 heteroatoms. The fourth-order valence-electron chi connectivity index (χ4n) is 8.40. The molecule has 4 unspecified atom stereocenters. The van der Waals surface area contributed by atoms with Crippen LogP contribution in [-0.4, -0.2) is 0 Å². The first-order valence-corrected chi connectivity index (χ1v) is 18.0. The number of halogens is 2. The molecule has 2 aliphatic rings. The predicted octanol–water partition coefficient (Wildman–Crippen LogP) is 13.9. The molecule has 6 rings (SSSR count). The van der Waals surface area contributed by atoms with E-state index in [0.717, 1.165) is 35.7 Å². The molecule has 4 aromatic rings. The third-order valence-electron chi connectivity index (χ3n) is 10.7. The summed E-state index contributed by atoms with van der Waals surface area (Å²) < 4.78 is 0. The molecule has 0 saturated carbocycles. The lowest BCUT2D eigenvalue weighted by Crippen LogP contribution is -2.11. The van der Waals surface area contributed by atoms with E-state index in [-0.39, 0.29) is 0 Å². The summed E-state index contributed by atoms with van der Waals surface area (Å²) in [4.78, 5) is 0. The Hall–Kier alpha value is -3.06. The highest BCUT2D eigenvalue weighted by Crippen LogP contribution is 2.56. The summed E-state index contributed by atoms with van der Waals surface area (Å²) in [6, 6.07) is 27.4. The summed E-state index contributed by atoms with van der Waals surface area (Å²) in [6.45, 7) is 18.0. The van der Waals surface area contributed by atoms with Crippen LogP contribution in [0.3, 0.4) is 0 Å². The number of aryl methyl sites for hydroxylation is 4. The molecule has 4 atom stereocenters. The van der Waals surface area contributed by atoms with Crippen LogP contribution in [0.15, 0.2) is 83.9 Å². The van der Waals surface area contributed by atoms with Gasteiger partial charge in [-0.25, -0.2) is 0 Å². The van der Waals surface area contributed by atoms with Crippen molar-refractivity contribution in [1.29, 1.82) is 0 Å². The van der Waals surface area contributed by atoms with Crippen LogP contribution in [-0.2, 0) is 0 Å². The van der Waals surface area contributed by atoms with E-state index in [1.165, 1.54) is 77.9 Å². The first kappa shape index (κ1) is 32.9. The van der Waals surface area contributed by atoms with Crippen molar-refractivity contribution in [1.82, 2.24) is 0 Å². The molecule has 0 aliphatic heterocycles. The fourth-order valence-corrected chi connectivity index (χ4v) is 9.45. The highest BCUT2D eigenvalue weighted by molar-refractivity contribution is 6.51. The van der Waals surface area contributed by atoms with Gasteiger partial charge in [-0.05, 0) is 110 Å². The van der Waals surface area contributed by atoms with Gasteiger partial charge in [0.05, 0.1) is 0 Å². The minimum Gasteiger partial charge on any atom is -0.0837 e. The standard InChI is InChI=1S/C44H48Cl2/c1-9-29(7)39-37(35-15-11-13-33(41(35)43(39)45)31-21-25(3)19-26(4)22-31)17-18-38-36-16-12-14-34(32-23-27(5)20-28(6)24-32)42(36)44(46)40(38)30(8)10-2/h11-16,19-24,29-30,37-38H,9-10,17-18H2,1-8H3. The average Bonchev–Trinajstić information content (AvgIpc) is 3.48. The van der Waals surface area contributed by atoms with Gasteiger partial charge in [-0.15, -0.1) is 0 Å². The Bertz CT molecular complexity index is 1690. The van der Waals surface area contributed by atoms with E-state index in [1.54, 1.807) is 0 Å². The van der Waals surface area contributed by atoms with Crippen molar-refractivity contribution >= 4 is 33.3 Å². The third kappa shape index (κ3) is 5.82. The van der Waals surface area contributed by atoms with Crippen LogP contribution in [0.2, 0.25) is 0 Å². The van der Waals surface area contributed by atoms with E-state index in [2.05, 4.69) is 128 Å². The molecule has 0 radical (unpaired) electrons. The van der Waals surface area contributed by atoms with Crippen LogP contribution in [0.25, 0.3) is 32.3 Å². The first-order valence-electron chi connectivity index (χ1n) is 17.3. The van der Waals surface area contributed by atoms with Gasteiger partial charge in [-0.2, -0.15) is 0 Å². The third-order valence-corrected chi connectivity index (χ3v) is 11.6. The summed E-state index contributed by atoms with van der Waals surface area (Å²) in [6.07, 6.45) is 4.23. The van der Waals surface area contributed by atoms with Crippen molar-refractivity contribution in [3.8, 4) is 22.3 Å². The summed E-state index contributed by atoms with van der Waals surface area (Å²) >= 11 is 15.0. The van der Waals surface area contributed by atoms with E-state index in [9.17, 15) is 0 Å². The normalized spacial score (nSPS) is 18.7. The van der Waals surface area contributed by atoms with Crippen molar-refractivity contribution in [2.45, 2.75) is 92.9 Å². The molecule has 0 fully saturated rings. The minimum atomic E-state index is 0.298. The molecular formula is C44H48Cl2. The highest BCUT2D eigenvalue weighted by Gasteiger charge is 2.38. The summed E-state index contributed by atoms with van der Waals surface area (Å²) in [5.41, 5.74) is 18.3. The van der Waals surface area contributed by atoms with Gasteiger partial charge in [-0.1, -0.05) is 146 Å². The second-order valence-electron chi connectivity index (χ2n) is 14.1. The Kier molecular flexibility index (Phi) is 9.44. The zero-order valence-electron chi connectivity index (χ0n) is 28.8. The lowest BCUT2D eigenvalue weighted by atomic mass is 9.78. The van der Waals surface area contributed by atoms with E-state index in [4.69, 9.17) is 23.2 Å². The van der Waals surface area contributed by atoms with Gasteiger partial charge < -0.3 is 0 Å². The SMILES string of the molecule is CCC(C)C1=C(Cl)c2c(-c3cc(C)cc(C)c3)cccc2C1CCC1C(C(C)CC)=C(Cl)c2c(-c3cc(C)cc(C)c3)cccc21. The lowest BCUT2D eigenvalue weighted by molar-refractivity contribution is 0.520. The smallest absolute Gasteiger partial charge is 0.0488 e. The van der Waals surface area contributed by atoms with Gasteiger partial charge in [0.15, 0.2) is 0 Å². The van der Waals surface area contributed by atoms with Crippen molar-refractivity contribution in [2.24, 2.45) is 11.8 Å². The second kappa shape index (κ2) is 13.2. The number of rotatable bonds is 9. The second-order valence-corrected chi connectivity index (χ2v) is 14.9. The maximum atomic E-state index is 7.48. The fraction of sp³-hybridized carbons (Fsp3) is 0.364. The van der Waals surface area contributed by atoms with E-state index < -0.39 is 0 Å². The first-order chi connectivity index (χ1) is 22.0. The number of benzene rings is 4. The van der Waals surface area contributed by atoms with E-state index in [0.29, 0.717) is 23.7 Å². The molecule has 0 aromatic heterocycles. The van der Waals surface area contributed by atoms with Crippen molar-refractivity contribution in [2.75, 3.05) is 0 Å². The Morgan fingerprint density at radius 3 is 1.22 bits per heavy atom. The van der Waals surface area contributed by atoms with Crippen LogP contribution in [0.5, 0.6) is 0 Å². The topological polar surface area (TPSA) is 0 Å². The highest BCUT2D eigenvalue weighted by atomic mass is 35.5. The molecule has 4 aromatic carbocycles. The van der Waals surface area contributed by atoms with Gasteiger partial charge in [0, 0.05) is 33.0 Å². The number of fused-ring (bicyclic) bond motifs is 2. The molecule has 0 bridgehead atoms. The molecule has 2 aliphatic carbocycles. The molecule has 0 amide bonds. The number of hydrogen-bond donors (Lipinski definition) is 0. The zero-order valence-corrected chi connectivity index (χ0v) is 30.3. The van der Waals surface area contributed by atoms with Gasteiger partial charge in [-0.3, -0.25) is 0 Å². The largest absolute Gasteiger partial charge is 0.0837 e.